The fourth-order valence-electron chi connectivity index (χ4n) is 1.96. The number of hydrogen-bond donors (Lipinski definition) is 3. The van der Waals surface area contributed by atoms with Crippen molar-refractivity contribution in [3.63, 3.8) is 0 Å². The summed E-state index contributed by atoms with van der Waals surface area (Å²) in [4.78, 5) is 0. The van der Waals surface area contributed by atoms with Crippen LogP contribution in [-0.2, 0) is 6.42 Å². The number of nitrogens with one attached hydrogen (secondary N) is 1. The Bertz CT molecular complexity index is 511. The molecule has 4 N–H and O–H groups in total. The molecule has 1 unspecified atom stereocenters. The Morgan fingerprint density at radius 2 is 1.84 bits per heavy atom. The van der Waals surface area contributed by atoms with Crippen LogP contribution in [0.2, 0.25) is 5.02 Å². The van der Waals surface area contributed by atoms with Gasteiger partial charge < -0.3 is 16.2 Å². The zero-order chi connectivity index (χ0) is 13.7. The Balaban J connectivity index is 2.11. The summed E-state index contributed by atoms with van der Waals surface area (Å²) in [6, 6.07) is 15.2. The van der Waals surface area contributed by atoms with E-state index in [0.29, 0.717) is 22.8 Å². The summed E-state index contributed by atoms with van der Waals surface area (Å²) < 4.78 is 0. The maximum Gasteiger partial charge on any atom is 0.0766 e. The highest BCUT2D eigenvalue weighted by atomic mass is 35.5. The molecule has 0 aliphatic rings. The van der Waals surface area contributed by atoms with Gasteiger partial charge in [0.15, 0.2) is 0 Å². The van der Waals surface area contributed by atoms with Crippen LogP contribution in [-0.4, -0.2) is 17.8 Å². The van der Waals surface area contributed by atoms with Crippen LogP contribution in [0.3, 0.4) is 0 Å². The van der Waals surface area contributed by atoms with Crippen molar-refractivity contribution in [3.8, 4) is 0 Å². The lowest BCUT2D eigenvalue weighted by Gasteiger charge is -2.20. The van der Waals surface area contributed by atoms with Crippen LogP contribution in [0.15, 0.2) is 48.5 Å². The van der Waals surface area contributed by atoms with E-state index >= 15 is 0 Å². The fourth-order valence-corrected chi connectivity index (χ4v) is 2.19. The van der Waals surface area contributed by atoms with Crippen molar-refractivity contribution in [2.75, 3.05) is 17.7 Å². The third-order valence-corrected chi connectivity index (χ3v) is 3.25. The summed E-state index contributed by atoms with van der Waals surface area (Å²) >= 11 is 6.11. The van der Waals surface area contributed by atoms with Gasteiger partial charge in [0.25, 0.3) is 0 Å². The van der Waals surface area contributed by atoms with Gasteiger partial charge in [0.05, 0.1) is 29.0 Å². The summed E-state index contributed by atoms with van der Waals surface area (Å²) in [5, 5.41) is 13.3. The number of aliphatic hydroxyl groups is 1. The topological polar surface area (TPSA) is 58.3 Å². The third kappa shape index (κ3) is 3.63. The molecule has 4 heteroatoms. The van der Waals surface area contributed by atoms with Crippen molar-refractivity contribution in [1.29, 1.82) is 0 Å². The summed E-state index contributed by atoms with van der Waals surface area (Å²) in [6.07, 6.45) is 0.710. The van der Waals surface area contributed by atoms with E-state index < -0.39 is 0 Å². The molecular formula is C15H17ClN2O. The van der Waals surface area contributed by atoms with E-state index in [0.717, 1.165) is 5.56 Å². The Hall–Kier alpha value is -1.71. The van der Waals surface area contributed by atoms with Gasteiger partial charge in [-0.3, -0.25) is 0 Å². The Labute approximate surface area is 118 Å². The van der Waals surface area contributed by atoms with E-state index in [9.17, 15) is 5.11 Å². The second kappa shape index (κ2) is 6.45. The van der Waals surface area contributed by atoms with Gasteiger partial charge in [-0.25, -0.2) is 0 Å². The number of benzene rings is 2. The van der Waals surface area contributed by atoms with Gasteiger partial charge in [0.1, 0.15) is 0 Å². The molecule has 0 aromatic heterocycles. The number of aliphatic hydroxyl groups excluding tert-OH is 1. The highest BCUT2D eigenvalue weighted by Gasteiger charge is 2.12. The number of anilines is 2. The van der Waals surface area contributed by atoms with Gasteiger partial charge in [0, 0.05) is 0 Å². The summed E-state index contributed by atoms with van der Waals surface area (Å²) in [5.41, 5.74) is 8.30. The molecule has 0 spiro atoms. The molecule has 2 aromatic carbocycles. The molecule has 0 bridgehead atoms. The zero-order valence-electron chi connectivity index (χ0n) is 10.5. The molecule has 2 aromatic rings. The molecule has 0 amide bonds. The maximum atomic E-state index is 9.48. The molecule has 0 aliphatic heterocycles. The first-order chi connectivity index (χ1) is 9.20. The highest BCUT2D eigenvalue weighted by Crippen LogP contribution is 2.28. The average molecular weight is 277 g/mol. The lowest BCUT2D eigenvalue weighted by molar-refractivity contribution is 0.274. The van der Waals surface area contributed by atoms with Gasteiger partial charge in [0.2, 0.25) is 0 Å². The predicted molar refractivity (Wildman–Crippen MR) is 80.5 cm³/mol. The molecule has 19 heavy (non-hydrogen) atoms. The van der Waals surface area contributed by atoms with Crippen LogP contribution >= 0.6 is 11.6 Å². The molecule has 100 valence electrons. The van der Waals surface area contributed by atoms with E-state index in [1.807, 2.05) is 30.3 Å². The smallest absolute Gasteiger partial charge is 0.0766 e. The molecule has 0 aliphatic carbocycles. The van der Waals surface area contributed by atoms with Crippen LogP contribution in [0.4, 0.5) is 11.4 Å². The first-order valence-electron chi connectivity index (χ1n) is 6.16. The third-order valence-electron chi connectivity index (χ3n) is 2.94. The van der Waals surface area contributed by atoms with Crippen molar-refractivity contribution in [3.05, 3.63) is 59.1 Å². The largest absolute Gasteiger partial charge is 0.397 e. The monoisotopic (exact) mass is 276 g/mol. The van der Waals surface area contributed by atoms with E-state index in [-0.39, 0.29) is 12.6 Å². The molecule has 0 radical (unpaired) electrons. The number of rotatable bonds is 5. The molecule has 0 saturated heterocycles. The van der Waals surface area contributed by atoms with Gasteiger partial charge in [-0.05, 0) is 24.1 Å². The molecule has 0 heterocycles. The normalized spacial score (nSPS) is 12.1. The maximum absolute atomic E-state index is 9.48. The van der Waals surface area contributed by atoms with Crippen LogP contribution in [0.1, 0.15) is 5.56 Å². The molecule has 0 fully saturated rings. The molecular weight excluding hydrogens is 260 g/mol. The first-order valence-corrected chi connectivity index (χ1v) is 6.54. The van der Waals surface area contributed by atoms with Gasteiger partial charge >= 0.3 is 0 Å². The van der Waals surface area contributed by atoms with Crippen LogP contribution < -0.4 is 11.1 Å². The van der Waals surface area contributed by atoms with Gasteiger partial charge in [-0.1, -0.05) is 48.0 Å². The summed E-state index contributed by atoms with van der Waals surface area (Å²) in [6.45, 7) is 0.0134. The van der Waals surface area contributed by atoms with E-state index in [4.69, 9.17) is 17.3 Å². The van der Waals surface area contributed by atoms with Gasteiger partial charge in [-0.2, -0.15) is 0 Å². The molecule has 2 rings (SSSR count). The number of nitrogen functional groups attached to an aromatic ring is 1. The van der Waals surface area contributed by atoms with Crippen molar-refractivity contribution < 1.29 is 5.11 Å². The molecule has 0 saturated carbocycles. The lowest BCUT2D eigenvalue weighted by atomic mass is 10.1. The van der Waals surface area contributed by atoms with E-state index in [2.05, 4.69) is 5.32 Å². The summed E-state index contributed by atoms with van der Waals surface area (Å²) in [5.74, 6) is 0. The standard InChI is InChI=1S/C15H17ClN2O/c16-13-7-4-8-14(17)15(13)18-12(10-19)9-11-5-2-1-3-6-11/h1-8,12,18-19H,9-10,17H2. The van der Waals surface area contributed by atoms with Crippen molar-refractivity contribution >= 4 is 23.0 Å². The number of hydrogen-bond acceptors (Lipinski definition) is 3. The summed E-state index contributed by atoms with van der Waals surface area (Å²) in [7, 11) is 0. The molecule has 1 atom stereocenters. The Morgan fingerprint density at radius 3 is 2.47 bits per heavy atom. The fraction of sp³-hybridized carbons (Fsp3) is 0.200. The predicted octanol–water partition coefficient (Wildman–Crippen LogP) is 2.94. The number of para-hydroxylation sites is 1. The zero-order valence-corrected chi connectivity index (χ0v) is 11.3. The minimum atomic E-state index is -0.121. The van der Waals surface area contributed by atoms with Crippen molar-refractivity contribution in [1.82, 2.24) is 0 Å². The van der Waals surface area contributed by atoms with Crippen molar-refractivity contribution in [2.24, 2.45) is 0 Å². The number of nitrogens with two attached hydrogens (primary N) is 1. The lowest BCUT2D eigenvalue weighted by Crippen LogP contribution is -2.27. The number of halogens is 1. The molecule has 3 nitrogen and oxygen atoms in total. The second-order valence-corrected chi connectivity index (χ2v) is 4.82. The SMILES string of the molecule is Nc1cccc(Cl)c1NC(CO)Cc1ccccc1. The minimum Gasteiger partial charge on any atom is -0.397 e. The average Bonchev–Trinajstić information content (AvgIpc) is 2.43. The van der Waals surface area contributed by atoms with E-state index in [1.54, 1.807) is 18.2 Å². The van der Waals surface area contributed by atoms with Gasteiger partial charge in [-0.15, -0.1) is 0 Å². The van der Waals surface area contributed by atoms with Crippen LogP contribution in [0, 0.1) is 0 Å². The second-order valence-electron chi connectivity index (χ2n) is 4.42. The minimum absolute atomic E-state index is 0.0134. The van der Waals surface area contributed by atoms with Crippen molar-refractivity contribution in [2.45, 2.75) is 12.5 Å². The first kappa shape index (κ1) is 13.7. The quantitative estimate of drug-likeness (QED) is 0.736. The van der Waals surface area contributed by atoms with Crippen LogP contribution in [0.5, 0.6) is 0 Å². The van der Waals surface area contributed by atoms with Crippen LogP contribution in [0.25, 0.3) is 0 Å². The highest BCUT2D eigenvalue weighted by molar-refractivity contribution is 6.33. The Kier molecular flexibility index (Phi) is 4.66. The Morgan fingerprint density at radius 1 is 1.11 bits per heavy atom. The van der Waals surface area contributed by atoms with E-state index in [1.165, 1.54) is 0 Å².